The van der Waals surface area contributed by atoms with E-state index in [0.717, 1.165) is 10.9 Å². The van der Waals surface area contributed by atoms with Gasteiger partial charge in [-0.25, -0.2) is 9.59 Å². The Hall–Kier alpha value is -2.30. The number of carbonyl (C=O) groups is 1. The summed E-state index contributed by atoms with van der Waals surface area (Å²) < 4.78 is 16.0. The molecule has 0 radical (unpaired) electrons. The minimum Gasteiger partial charge on any atom is -0.478 e. The van der Waals surface area contributed by atoms with Gasteiger partial charge in [-0.2, -0.15) is 0 Å². The molecule has 2 aromatic rings. The summed E-state index contributed by atoms with van der Waals surface area (Å²) >= 11 is 0. The van der Waals surface area contributed by atoms with E-state index in [0.29, 0.717) is 29.9 Å². The van der Waals surface area contributed by atoms with Crippen LogP contribution in [0.15, 0.2) is 27.4 Å². The van der Waals surface area contributed by atoms with E-state index < -0.39 is 17.7 Å². The van der Waals surface area contributed by atoms with Crippen LogP contribution in [0.3, 0.4) is 0 Å². The molecule has 5 heteroatoms. The quantitative estimate of drug-likeness (QED) is 0.627. The van der Waals surface area contributed by atoms with Crippen molar-refractivity contribution in [3.8, 4) is 5.75 Å². The molecule has 1 unspecified atom stereocenters. The minimum atomic E-state index is -0.673. The molecule has 0 spiro atoms. The second-order valence-corrected chi connectivity index (χ2v) is 5.08. The van der Waals surface area contributed by atoms with E-state index in [2.05, 4.69) is 0 Å². The van der Waals surface area contributed by atoms with Gasteiger partial charge in [-0.3, -0.25) is 0 Å². The predicted octanol–water partition coefficient (Wildman–Crippen LogP) is 3.13. The first-order valence-corrected chi connectivity index (χ1v) is 7.35. The van der Waals surface area contributed by atoms with Crippen molar-refractivity contribution in [2.45, 2.75) is 40.2 Å². The molecule has 0 N–H and O–H groups in total. The molecule has 5 nitrogen and oxygen atoms in total. The second kappa shape index (κ2) is 6.64. The molecule has 0 saturated carbocycles. The van der Waals surface area contributed by atoms with E-state index in [4.69, 9.17) is 13.9 Å². The van der Waals surface area contributed by atoms with Crippen LogP contribution in [0.5, 0.6) is 5.75 Å². The molecule has 0 fully saturated rings. The van der Waals surface area contributed by atoms with Crippen LogP contribution in [0.25, 0.3) is 11.0 Å². The van der Waals surface area contributed by atoms with Gasteiger partial charge in [0.2, 0.25) is 0 Å². The van der Waals surface area contributed by atoms with Crippen LogP contribution in [-0.4, -0.2) is 18.7 Å². The molecular formula is C17H20O5. The maximum absolute atomic E-state index is 11.8. The highest BCUT2D eigenvalue weighted by atomic mass is 16.6. The summed E-state index contributed by atoms with van der Waals surface area (Å²) in [6.45, 7) is 7.57. The summed E-state index contributed by atoms with van der Waals surface area (Å²) in [6, 6.07) is 5.07. The molecule has 2 rings (SSSR count). The van der Waals surface area contributed by atoms with Crippen LogP contribution in [0.1, 0.15) is 31.4 Å². The van der Waals surface area contributed by atoms with E-state index >= 15 is 0 Å². The average Bonchev–Trinajstić information content (AvgIpc) is 2.47. The van der Waals surface area contributed by atoms with Gasteiger partial charge in [0.1, 0.15) is 11.3 Å². The third kappa shape index (κ3) is 3.13. The molecule has 118 valence electrons. The third-order valence-corrected chi connectivity index (χ3v) is 3.51. The molecule has 1 atom stereocenters. The number of rotatable bonds is 5. The van der Waals surface area contributed by atoms with Crippen molar-refractivity contribution >= 4 is 16.9 Å². The lowest BCUT2D eigenvalue weighted by atomic mass is 10.1. The zero-order valence-electron chi connectivity index (χ0n) is 13.3. The lowest BCUT2D eigenvalue weighted by molar-refractivity contribution is -0.151. The molecule has 0 aliphatic heterocycles. The summed E-state index contributed by atoms with van der Waals surface area (Å²) in [7, 11) is 0. The molecule has 1 aromatic heterocycles. The van der Waals surface area contributed by atoms with Gasteiger partial charge in [0.25, 0.3) is 0 Å². The van der Waals surface area contributed by atoms with Crippen molar-refractivity contribution < 1.29 is 18.7 Å². The van der Waals surface area contributed by atoms with Crippen LogP contribution in [-0.2, 0) is 9.53 Å². The Bertz CT molecular complexity index is 745. The standard InChI is InChI=1S/C17H20O5/c1-5-13(17(19)20-6-2)21-14-8-7-12-10(3)9-15(18)22-16(12)11(14)4/h7-9,13H,5-6H2,1-4H3. The number of carbonyl (C=O) groups excluding carboxylic acids is 1. The van der Waals surface area contributed by atoms with Gasteiger partial charge in [-0.05, 0) is 44.9 Å². The van der Waals surface area contributed by atoms with Crippen LogP contribution in [0.4, 0.5) is 0 Å². The Balaban J connectivity index is 2.42. The number of hydrogen-bond acceptors (Lipinski definition) is 5. The first kappa shape index (κ1) is 16.1. The van der Waals surface area contributed by atoms with Crippen LogP contribution < -0.4 is 10.4 Å². The van der Waals surface area contributed by atoms with Gasteiger partial charge in [0.05, 0.1) is 6.61 Å². The van der Waals surface area contributed by atoms with Crippen molar-refractivity contribution in [2.75, 3.05) is 6.61 Å². The highest BCUT2D eigenvalue weighted by Gasteiger charge is 2.21. The van der Waals surface area contributed by atoms with Gasteiger partial charge >= 0.3 is 11.6 Å². The fourth-order valence-corrected chi connectivity index (χ4v) is 2.31. The number of esters is 1. The van der Waals surface area contributed by atoms with Crippen molar-refractivity contribution in [1.82, 2.24) is 0 Å². The predicted molar refractivity (Wildman–Crippen MR) is 83.3 cm³/mol. The number of aryl methyl sites for hydroxylation is 2. The van der Waals surface area contributed by atoms with Crippen LogP contribution >= 0.6 is 0 Å². The lowest BCUT2D eigenvalue weighted by Crippen LogP contribution is -2.29. The molecule has 1 aromatic carbocycles. The van der Waals surface area contributed by atoms with Crippen LogP contribution in [0.2, 0.25) is 0 Å². The largest absolute Gasteiger partial charge is 0.478 e. The van der Waals surface area contributed by atoms with E-state index in [-0.39, 0.29) is 0 Å². The van der Waals surface area contributed by atoms with E-state index in [1.165, 1.54) is 6.07 Å². The first-order chi connectivity index (χ1) is 10.5. The zero-order valence-corrected chi connectivity index (χ0v) is 13.3. The smallest absolute Gasteiger partial charge is 0.347 e. The molecular weight excluding hydrogens is 284 g/mol. The Kier molecular flexibility index (Phi) is 4.85. The molecule has 0 saturated heterocycles. The number of fused-ring (bicyclic) bond motifs is 1. The highest BCUT2D eigenvalue weighted by Crippen LogP contribution is 2.29. The fraction of sp³-hybridized carbons (Fsp3) is 0.412. The maximum atomic E-state index is 11.8. The summed E-state index contributed by atoms with van der Waals surface area (Å²) in [5, 5.41) is 0.855. The number of ether oxygens (including phenoxy) is 2. The Morgan fingerprint density at radius 2 is 2.00 bits per heavy atom. The third-order valence-electron chi connectivity index (χ3n) is 3.51. The van der Waals surface area contributed by atoms with Gasteiger partial charge < -0.3 is 13.9 Å². The minimum absolute atomic E-state index is 0.309. The topological polar surface area (TPSA) is 65.7 Å². The highest BCUT2D eigenvalue weighted by molar-refractivity contribution is 5.85. The molecule has 0 bridgehead atoms. The van der Waals surface area contributed by atoms with Gasteiger partial charge in [0, 0.05) is 17.0 Å². The van der Waals surface area contributed by atoms with Gasteiger partial charge in [-0.15, -0.1) is 0 Å². The van der Waals surface area contributed by atoms with Crippen molar-refractivity contribution in [3.05, 3.63) is 39.7 Å². The Morgan fingerprint density at radius 1 is 1.27 bits per heavy atom. The molecule has 22 heavy (non-hydrogen) atoms. The number of hydrogen-bond donors (Lipinski definition) is 0. The van der Waals surface area contributed by atoms with Crippen LogP contribution in [0, 0.1) is 13.8 Å². The average molecular weight is 304 g/mol. The van der Waals surface area contributed by atoms with Gasteiger partial charge in [0.15, 0.2) is 6.10 Å². The zero-order chi connectivity index (χ0) is 16.3. The SMILES string of the molecule is CCOC(=O)C(CC)Oc1ccc2c(C)cc(=O)oc2c1C. The molecule has 1 heterocycles. The van der Waals surface area contributed by atoms with E-state index in [1.807, 2.05) is 19.9 Å². The monoisotopic (exact) mass is 304 g/mol. The maximum Gasteiger partial charge on any atom is 0.347 e. The summed E-state index contributed by atoms with van der Waals surface area (Å²) in [5.41, 5.74) is 1.63. The second-order valence-electron chi connectivity index (χ2n) is 5.08. The first-order valence-electron chi connectivity index (χ1n) is 7.35. The van der Waals surface area contributed by atoms with Crippen molar-refractivity contribution in [2.24, 2.45) is 0 Å². The molecule has 0 aliphatic rings. The Labute approximate surface area is 128 Å². The summed E-state index contributed by atoms with van der Waals surface area (Å²) in [4.78, 5) is 23.4. The van der Waals surface area contributed by atoms with Crippen molar-refractivity contribution in [1.29, 1.82) is 0 Å². The lowest BCUT2D eigenvalue weighted by Gasteiger charge is -2.18. The van der Waals surface area contributed by atoms with Gasteiger partial charge in [-0.1, -0.05) is 6.92 Å². The molecule has 0 amide bonds. The number of benzene rings is 1. The molecule has 0 aliphatic carbocycles. The summed E-state index contributed by atoms with van der Waals surface area (Å²) in [6.07, 6.45) is -0.179. The fourth-order valence-electron chi connectivity index (χ4n) is 2.31. The Morgan fingerprint density at radius 3 is 2.64 bits per heavy atom. The van der Waals surface area contributed by atoms with E-state index in [9.17, 15) is 9.59 Å². The van der Waals surface area contributed by atoms with E-state index in [1.54, 1.807) is 19.9 Å². The normalized spacial score (nSPS) is 12.2. The summed E-state index contributed by atoms with van der Waals surface area (Å²) in [5.74, 6) is 0.122. The van der Waals surface area contributed by atoms with Crippen molar-refractivity contribution in [3.63, 3.8) is 0 Å².